The Morgan fingerprint density at radius 3 is 2.59 bits per heavy atom. The minimum atomic E-state index is -0.374. The number of nitrogens with one attached hydrogen (secondary N) is 2. The number of carbonyl (C=O) groups is 1. The van der Waals surface area contributed by atoms with Crippen molar-refractivity contribution in [3.63, 3.8) is 0 Å². The second-order valence-corrected chi connectivity index (χ2v) is 5.69. The van der Waals surface area contributed by atoms with E-state index in [1.807, 2.05) is 34.6 Å². The molecule has 1 unspecified atom stereocenters. The Bertz CT molecular complexity index is 377. The predicted octanol–water partition coefficient (Wildman–Crippen LogP) is 3.25. The highest BCUT2D eigenvalue weighted by Gasteiger charge is 2.21. The molecule has 0 spiro atoms. The van der Waals surface area contributed by atoms with Crippen LogP contribution in [0.5, 0.6) is 0 Å². The first kappa shape index (κ1) is 13.7. The maximum atomic E-state index is 13.8. The van der Waals surface area contributed by atoms with Crippen LogP contribution in [-0.4, -0.2) is 11.6 Å². The van der Waals surface area contributed by atoms with Crippen LogP contribution >= 0.6 is 0 Å². The molecule has 0 aromatic rings. The summed E-state index contributed by atoms with van der Waals surface area (Å²) in [5.41, 5.74) is 1.02. The molecule has 1 aliphatic rings. The molecule has 0 saturated heterocycles. The average molecular weight is 240 g/mol. The third-order valence-electron chi connectivity index (χ3n) is 2.45. The minimum absolute atomic E-state index is 0.162. The normalized spacial score (nSPS) is 21.1. The molecule has 0 aliphatic heterocycles. The quantitative estimate of drug-likeness (QED) is 0.725. The highest BCUT2D eigenvalue weighted by molar-refractivity contribution is 5.77. The Hall–Kier alpha value is -1.32. The first-order valence-electron chi connectivity index (χ1n) is 5.85. The van der Waals surface area contributed by atoms with Gasteiger partial charge in [0.25, 0.3) is 0 Å². The number of allylic oxidation sites excluding steroid dienone is 3. The van der Waals surface area contributed by atoms with Crippen LogP contribution in [0.4, 0.5) is 9.18 Å². The summed E-state index contributed by atoms with van der Waals surface area (Å²) in [5, 5.41) is 5.30. The van der Waals surface area contributed by atoms with Gasteiger partial charge in [0, 0.05) is 11.5 Å². The van der Waals surface area contributed by atoms with E-state index in [9.17, 15) is 9.18 Å². The van der Waals surface area contributed by atoms with Gasteiger partial charge in [-0.3, -0.25) is 0 Å². The van der Waals surface area contributed by atoms with Crippen LogP contribution < -0.4 is 10.6 Å². The molecule has 0 heterocycles. The van der Waals surface area contributed by atoms with Crippen LogP contribution in [0.3, 0.4) is 0 Å². The molecular weight excluding hydrogens is 219 g/mol. The van der Waals surface area contributed by atoms with Crippen molar-refractivity contribution in [2.75, 3.05) is 0 Å². The Morgan fingerprint density at radius 2 is 2.06 bits per heavy atom. The third-order valence-corrected chi connectivity index (χ3v) is 2.45. The van der Waals surface area contributed by atoms with Crippen LogP contribution in [0.1, 0.15) is 41.0 Å². The molecule has 2 N–H and O–H groups in total. The lowest BCUT2D eigenvalue weighted by molar-refractivity contribution is 0.234. The molecule has 17 heavy (non-hydrogen) atoms. The lowest BCUT2D eigenvalue weighted by Crippen LogP contribution is -2.46. The van der Waals surface area contributed by atoms with Crippen LogP contribution in [0.15, 0.2) is 23.2 Å². The van der Waals surface area contributed by atoms with Crippen molar-refractivity contribution in [3.8, 4) is 0 Å². The molecule has 1 rings (SSSR count). The summed E-state index contributed by atoms with van der Waals surface area (Å²) in [4.78, 5) is 11.6. The Morgan fingerprint density at radius 1 is 1.47 bits per heavy atom. The SMILES string of the molecule is CC1=CC(NC(=O)NC(C)(C)C)=C(F)C(C)C1. The molecule has 0 saturated carbocycles. The fourth-order valence-corrected chi connectivity index (χ4v) is 1.80. The highest BCUT2D eigenvalue weighted by atomic mass is 19.1. The third kappa shape index (κ3) is 4.21. The number of hydrogen-bond acceptors (Lipinski definition) is 1. The van der Waals surface area contributed by atoms with Crippen molar-refractivity contribution in [3.05, 3.63) is 23.2 Å². The van der Waals surface area contributed by atoms with Gasteiger partial charge in [0.05, 0.1) is 5.70 Å². The molecule has 3 nitrogen and oxygen atoms in total. The summed E-state index contributed by atoms with van der Waals surface area (Å²) in [6.45, 7) is 9.38. The van der Waals surface area contributed by atoms with Gasteiger partial charge >= 0.3 is 6.03 Å². The van der Waals surface area contributed by atoms with E-state index >= 15 is 0 Å². The fraction of sp³-hybridized carbons (Fsp3) is 0.615. The second-order valence-electron chi connectivity index (χ2n) is 5.69. The molecule has 96 valence electrons. The Balaban J connectivity index is 2.74. The van der Waals surface area contributed by atoms with Gasteiger partial charge in [0.2, 0.25) is 0 Å². The number of halogens is 1. The lowest BCUT2D eigenvalue weighted by atomic mass is 9.94. The Labute approximate surface area is 102 Å². The molecule has 0 aromatic heterocycles. The first-order valence-corrected chi connectivity index (χ1v) is 5.85. The number of carbonyl (C=O) groups excluding carboxylic acids is 1. The number of hydrogen-bond donors (Lipinski definition) is 2. The standard InChI is InChI=1S/C13H21FN2O/c1-8-6-9(2)11(14)10(7-8)15-12(17)16-13(3,4)5/h7,9H,6H2,1-5H3,(H2,15,16,17). The zero-order valence-electron chi connectivity index (χ0n) is 11.1. The topological polar surface area (TPSA) is 41.1 Å². The van der Waals surface area contributed by atoms with E-state index in [0.717, 1.165) is 5.57 Å². The maximum Gasteiger partial charge on any atom is 0.319 e. The van der Waals surface area contributed by atoms with Crippen molar-refractivity contribution in [1.29, 1.82) is 0 Å². The van der Waals surface area contributed by atoms with Gasteiger partial charge in [0.15, 0.2) is 0 Å². The summed E-state index contributed by atoms with van der Waals surface area (Å²) in [6, 6.07) is -0.374. The molecule has 4 heteroatoms. The van der Waals surface area contributed by atoms with Crippen LogP contribution in [-0.2, 0) is 0 Å². The molecule has 0 bridgehead atoms. The highest BCUT2D eigenvalue weighted by Crippen LogP contribution is 2.28. The summed E-state index contributed by atoms with van der Waals surface area (Å²) in [5.74, 6) is -0.412. The van der Waals surface area contributed by atoms with Gasteiger partial charge in [-0.25, -0.2) is 9.18 Å². The van der Waals surface area contributed by atoms with Gasteiger partial charge in [0.1, 0.15) is 5.83 Å². The molecule has 1 atom stereocenters. The zero-order valence-corrected chi connectivity index (χ0v) is 11.1. The number of rotatable bonds is 1. The average Bonchev–Trinajstić information content (AvgIpc) is 2.10. The van der Waals surface area contributed by atoms with Gasteiger partial charge < -0.3 is 10.6 Å². The molecule has 0 fully saturated rings. The monoisotopic (exact) mass is 240 g/mol. The van der Waals surface area contributed by atoms with Crippen molar-refractivity contribution in [2.45, 2.75) is 46.6 Å². The van der Waals surface area contributed by atoms with E-state index < -0.39 is 0 Å². The fourth-order valence-electron chi connectivity index (χ4n) is 1.80. The molecule has 0 aromatic carbocycles. The van der Waals surface area contributed by atoms with Gasteiger partial charge in [-0.1, -0.05) is 12.5 Å². The van der Waals surface area contributed by atoms with E-state index in [0.29, 0.717) is 6.42 Å². The summed E-state index contributed by atoms with van der Waals surface area (Å²) >= 11 is 0. The maximum absolute atomic E-state index is 13.8. The van der Waals surface area contributed by atoms with E-state index in [2.05, 4.69) is 10.6 Å². The van der Waals surface area contributed by atoms with Crippen LogP contribution in [0.25, 0.3) is 0 Å². The van der Waals surface area contributed by atoms with Gasteiger partial charge in [-0.05, 0) is 40.2 Å². The summed E-state index contributed by atoms with van der Waals surface area (Å²) < 4.78 is 13.8. The van der Waals surface area contributed by atoms with Crippen LogP contribution in [0.2, 0.25) is 0 Å². The first-order chi connectivity index (χ1) is 7.69. The van der Waals surface area contributed by atoms with Crippen molar-refractivity contribution in [2.24, 2.45) is 5.92 Å². The summed E-state index contributed by atoms with van der Waals surface area (Å²) in [6.07, 6.45) is 2.40. The Kier molecular flexibility index (Phi) is 3.96. The van der Waals surface area contributed by atoms with E-state index in [-0.39, 0.29) is 29.0 Å². The summed E-state index contributed by atoms with van der Waals surface area (Å²) in [7, 11) is 0. The van der Waals surface area contributed by atoms with Gasteiger partial charge in [-0.15, -0.1) is 0 Å². The molecular formula is C13H21FN2O. The van der Waals surface area contributed by atoms with Crippen molar-refractivity contribution < 1.29 is 9.18 Å². The van der Waals surface area contributed by atoms with E-state index in [4.69, 9.17) is 0 Å². The molecule has 0 radical (unpaired) electrons. The zero-order chi connectivity index (χ0) is 13.2. The minimum Gasteiger partial charge on any atom is -0.333 e. The second kappa shape index (κ2) is 4.90. The van der Waals surface area contributed by atoms with E-state index in [1.54, 1.807) is 6.08 Å². The van der Waals surface area contributed by atoms with E-state index in [1.165, 1.54) is 0 Å². The molecule has 1 aliphatic carbocycles. The lowest BCUT2D eigenvalue weighted by Gasteiger charge is -2.23. The number of urea groups is 1. The predicted molar refractivity (Wildman–Crippen MR) is 67.1 cm³/mol. The van der Waals surface area contributed by atoms with Gasteiger partial charge in [-0.2, -0.15) is 0 Å². The van der Waals surface area contributed by atoms with Crippen molar-refractivity contribution >= 4 is 6.03 Å². The largest absolute Gasteiger partial charge is 0.333 e. The number of amides is 2. The smallest absolute Gasteiger partial charge is 0.319 e. The van der Waals surface area contributed by atoms with Crippen LogP contribution in [0, 0.1) is 5.92 Å². The molecule has 2 amide bonds. The van der Waals surface area contributed by atoms with Crippen molar-refractivity contribution in [1.82, 2.24) is 10.6 Å².